The van der Waals surface area contributed by atoms with Crippen LogP contribution in [-0.2, 0) is 6.42 Å². The summed E-state index contributed by atoms with van der Waals surface area (Å²) in [6.45, 7) is 7.20. The molecule has 0 amide bonds. The zero-order chi connectivity index (χ0) is 14.5. The molecule has 3 nitrogen and oxygen atoms in total. The van der Waals surface area contributed by atoms with E-state index in [0.717, 1.165) is 29.4 Å². The van der Waals surface area contributed by atoms with E-state index in [-0.39, 0.29) is 6.04 Å². The molecule has 2 rings (SSSR count). The first-order chi connectivity index (χ1) is 9.63. The number of nitrogens with one attached hydrogen (secondary N) is 1. The fraction of sp³-hybridized carbons (Fsp3) is 0.438. The number of hydrogen-bond donors (Lipinski definition) is 1. The molecular formula is C16H22N2OS. The van der Waals surface area contributed by atoms with Crippen molar-refractivity contribution < 1.29 is 4.74 Å². The minimum atomic E-state index is 0.233. The lowest BCUT2D eigenvalue weighted by molar-refractivity contribution is 0.398. The first kappa shape index (κ1) is 15.0. The molecule has 1 N–H and O–H groups in total. The van der Waals surface area contributed by atoms with Gasteiger partial charge in [-0.15, -0.1) is 11.3 Å². The number of rotatable bonds is 6. The van der Waals surface area contributed by atoms with Crippen LogP contribution in [0.2, 0.25) is 0 Å². The van der Waals surface area contributed by atoms with E-state index in [1.807, 2.05) is 13.0 Å². The van der Waals surface area contributed by atoms with Crippen LogP contribution in [0.5, 0.6) is 5.75 Å². The van der Waals surface area contributed by atoms with Gasteiger partial charge in [-0.3, -0.25) is 0 Å². The molecule has 1 aromatic carbocycles. The maximum atomic E-state index is 5.51. The van der Waals surface area contributed by atoms with Crippen LogP contribution in [0.1, 0.15) is 34.8 Å². The summed E-state index contributed by atoms with van der Waals surface area (Å²) in [4.78, 5) is 4.57. The lowest BCUT2D eigenvalue weighted by Gasteiger charge is -2.20. The van der Waals surface area contributed by atoms with Gasteiger partial charge in [0.05, 0.1) is 17.8 Å². The molecule has 0 aliphatic heterocycles. The van der Waals surface area contributed by atoms with E-state index < -0.39 is 0 Å². The maximum absolute atomic E-state index is 5.51. The number of likely N-dealkylation sites (N-methyl/N-ethyl adjacent to an activating group) is 1. The molecule has 20 heavy (non-hydrogen) atoms. The first-order valence-electron chi connectivity index (χ1n) is 6.93. The third kappa shape index (κ3) is 3.58. The van der Waals surface area contributed by atoms with Crippen LogP contribution >= 0.6 is 11.3 Å². The van der Waals surface area contributed by atoms with Gasteiger partial charge < -0.3 is 10.1 Å². The van der Waals surface area contributed by atoms with Gasteiger partial charge in [0.2, 0.25) is 0 Å². The summed E-state index contributed by atoms with van der Waals surface area (Å²) in [5, 5.41) is 6.80. The third-order valence-corrected chi connectivity index (χ3v) is 4.11. The number of ether oxygens (including phenoxy) is 1. The van der Waals surface area contributed by atoms with E-state index in [4.69, 9.17) is 4.74 Å². The fourth-order valence-corrected chi connectivity index (χ4v) is 3.00. The molecule has 0 radical (unpaired) electrons. The van der Waals surface area contributed by atoms with E-state index in [0.29, 0.717) is 0 Å². The van der Waals surface area contributed by atoms with Gasteiger partial charge in [-0.2, -0.15) is 0 Å². The highest BCUT2D eigenvalue weighted by atomic mass is 32.1. The Balaban J connectivity index is 2.30. The molecule has 2 aromatic rings. The van der Waals surface area contributed by atoms with E-state index in [2.05, 4.69) is 41.7 Å². The van der Waals surface area contributed by atoms with E-state index in [9.17, 15) is 0 Å². The molecule has 0 saturated heterocycles. The van der Waals surface area contributed by atoms with Crippen molar-refractivity contribution in [2.45, 2.75) is 33.2 Å². The van der Waals surface area contributed by atoms with Gasteiger partial charge in [-0.25, -0.2) is 4.98 Å². The monoisotopic (exact) mass is 290 g/mol. The number of methoxy groups -OCH3 is 1. The van der Waals surface area contributed by atoms with Crippen LogP contribution in [0.25, 0.3) is 0 Å². The van der Waals surface area contributed by atoms with Crippen molar-refractivity contribution in [1.82, 2.24) is 10.3 Å². The van der Waals surface area contributed by atoms with Crippen molar-refractivity contribution >= 4 is 11.3 Å². The third-order valence-electron chi connectivity index (χ3n) is 3.29. The molecular weight excluding hydrogens is 268 g/mol. The second-order valence-electron chi connectivity index (χ2n) is 4.92. The van der Waals surface area contributed by atoms with Gasteiger partial charge in [-0.05, 0) is 26.5 Å². The smallest absolute Gasteiger partial charge is 0.123 e. The zero-order valence-corrected chi connectivity index (χ0v) is 13.4. The van der Waals surface area contributed by atoms with Crippen LogP contribution in [0, 0.1) is 13.8 Å². The summed E-state index contributed by atoms with van der Waals surface area (Å²) >= 11 is 1.70. The summed E-state index contributed by atoms with van der Waals surface area (Å²) in [6.07, 6.45) is 0.887. The van der Waals surface area contributed by atoms with Crippen LogP contribution in [0.15, 0.2) is 23.6 Å². The Hall–Kier alpha value is -1.39. The minimum absolute atomic E-state index is 0.233. The quantitative estimate of drug-likeness (QED) is 0.881. The van der Waals surface area contributed by atoms with Crippen LogP contribution < -0.4 is 10.1 Å². The number of thiazole rings is 1. The lowest BCUT2D eigenvalue weighted by Crippen LogP contribution is -2.23. The molecule has 0 saturated carbocycles. The second-order valence-corrected chi connectivity index (χ2v) is 5.98. The SMILES string of the molecule is CCNC(Cc1csc(C)n1)c1cc(C)ccc1OC. The zero-order valence-electron chi connectivity index (χ0n) is 12.6. The van der Waals surface area contributed by atoms with Crippen molar-refractivity contribution in [3.8, 4) is 5.75 Å². The second kappa shape index (κ2) is 6.86. The molecule has 0 spiro atoms. The van der Waals surface area contributed by atoms with E-state index >= 15 is 0 Å². The number of benzene rings is 1. The van der Waals surface area contributed by atoms with Gasteiger partial charge in [0.1, 0.15) is 5.75 Å². The van der Waals surface area contributed by atoms with Crippen molar-refractivity contribution in [1.29, 1.82) is 0 Å². The molecule has 0 fully saturated rings. The van der Waals surface area contributed by atoms with E-state index in [1.54, 1.807) is 18.4 Å². The highest BCUT2D eigenvalue weighted by molar-refractivity contribution is 7.09. The lowest BCUT2D eigenvalue weighted by atomic mass is 9.99. The van der Waals surface area contributed by atoms with Gasteiger partial charge in [-0.1, -0.05) is 24.6 Å². The summed E-state index contributed by atoms with van der Waals surface area (Å²) in [5.74, 6) is 0.938. The average molecular weight is 290 g/mol. The molecule has 1 heterocycles. The molecule has 1 atom stereocenters. The highest BCUT2D eigenvalue weighted by Gasteiger charge is 2.17. The predicted octanol–water partition coefficient (Wildman–Crippen LogP) is 3.66. The van der Waals surface area contributed by atoms with Crippen molar-refractivity contribution in [2.24, 2.45) is 0 Å². The summed E-state index contributed by atoms with van der Waals surface area (Å²) in [6, 6.07) is 6.56. The van der Waals surface area contributed by atoms with Gasteiger partial charge >= 0.3 is 0 Å². The van der Waals surface area contributed by atoms with Crippen molar-refractivity contribution in [3.63, 3.8) is 0 Å². The molecule has 0 bridgehead atoms. The topological polar surface area (TPSA) is 34.2 Å². The van der Waals surface area contributed by atoms with Crippen LogP contribution in [0.3, 0.4) is 0 Å². The van der Waals surface area contributed by atoms with E-state index in [1.165, 1.54) is 11.1 Å². The molecule has 0 aliphatic carbocycles. The molecule has 108 valence electrons. The van der Waals surface area contributed by atoms with Gasteiger partial charge in [0.25, 0.3) is 0 Å². The highest BCUT2D eigenvalue weighted by Crippen LogP contribution is 2.29. The summed E-state index contributed by atoms with van der Waals surface area (Å²) in [5.41, 5.74) is 3.60. The number of hydrogen-bond acceptors (Lipinski definition) is 4. The Morgan fingerprint density at radius 1 is 1.35 bits per heavy atom. The minimum Gasteiger partial charge on any atom is -0.496 e. The predicted molar refractivity (Wildman–Crippen MR) is 84.7 cm³/mol. The van der Waals surface area contributed by atoms with Crippen molar-refractivity contribution in [3.05, 3.63) is 45.4 Å². The van der Waals surface area contributed by atoms with Crippen LogP contribution in [0.4, 0.5) is 0 Å². The first-order valence-corrected chi connectivity index (χ1v) is 7.81. The molecule has 1 aromatic heterocycles. The number of aryl methyl sites for hydroxylation is 2. The average Bonchev–Trinajstić information content (AvgIpc) is 2.84. The van der Waals surface area contributed by atoms with Crippen LogP contribution in [-0.4, -0.2) is 18.6 Å². The Morgan fingerprint density at radius 3 is 2.75 bits per heavy atom. The molecule has 4 heteroatoms. The Morgan fingerprint density at radius 2 is 2.15 bits per heavy atom. The Kier molecular flexibility index (Phi) is 5.15. The Bertz CT molecular complexity index is 565. The summed E-state index contributed by atoms with van der Waals surface area (Å²) < 4.78 is 5.51. The standard InChI is InChI=1S/C16H22N2OS/c1-5-17-15(9-13-10-20-12(3)18-13)14-8-11(2)6-7-16(14)19-4/h6-8,10,15,17H,5,9H2,1-4H3. The largest absolute Gasteiger partial charge is 0.496 e. The summed E-state index contributed by atoms with van der Waals surface area (Å²) in [7, 11) is 1.73. The van der Waals surface area contributed by atoms with Gasteiger partial charge in [0.15, 0.2) is 0 Å². The Labute approximate surface area is 125 Å². The van der Waals surface area contributed by atoms with Gasteiger partial charge in [0, 0.05) is 23.4 Å². The maximum Gasteiger partial charge on any atom is 0.123 e. The number of aromatic nitrogens is 1. The fourth-order valence-electron chi connectivity index (χ4n) is 2.38. The molecule has 0 aliphatic rings. The molecule has 1 unspecified atom stereocenters. The number of nitrogens with zero attached hydrogens (tertiary/aromatic N) is 1. The normalized spacial score (nSPS) is 12.4. The van der Waals surface area contributed by atoms with Crippen molar-refractivity contribution in [2.75, 3.05) is 13.7 Å².